The van der Waals surface area contributed by atoms with E-state index in [2.05, 4.69) is 20.3 Å². The van der Waals surface area contributed by atoms with Gasteiger partial charge in [-0.3, -0.25) is 0 Å². The van der Waals surface area contributed by atoms with Crippen LogP contribution in [0, 0.1) is 6.92 Å². The fraction of sp³-hybridized carbons (Fsp3) is 0.412. The summed E-state index contributed by atoms with van der Waals surface area (Å²) >= 11 is 0. The maximum atomic E-state index is 6.40. The Morgan fingerprint density at radius 3 is 2.68 bits per heavy atom. The molecule has 0 saturated heterocycles. The Balaban J connectivity index is 1.57. The first kappa shape index (κ1) is 15.8. The number of nitrogens with zero attached hydrogens (tertiary/aromatic N) is 4. The third kappa shape index (κ3) is 3.12. The predicted octanol–water partition coefficient (Wildman–Crippen LogP) is 2.74. The lowest BCUT2D eigenvalue weighted by Gasteiger charge is -2.17. The van der Waals surface area contributed by atoms with E-state index in [1.54, 1.807) is 6.92 Å². The van der Waals surface area contributed by atoms with Gasteiger partial charge in [0.1, 0.15) is 5.75 Å². The molecule has 25 heavy (non-hydrogen) atoms. The van der Waals surface area contributed by atoms with Crippen molar-refractivity contribution in [1.29, 1.82) is 0 Å². The van der Waals surface area contributed by atoms with Crippen molar-refractivity contribution in [3.8, 4) is 17.2 Å². The van der Waals surface area contributed by atoms with Crippen LogP contribution < -0.4 is 10.5 Å². The minimum absolute atomic E-state index is 0.191. The van der Waals surface area contributed by atoms with Crippen molar-refractivity contribution >= 4 is 0 Å². The van der Waals surface area contributed by atoms with Crippen LogP contribution >= 0.6 is 0 Å². The van der Waals surface area contributed by atoms with Gasteiger partial charge in [-0.25, -0.2) is 0 Å². The number of ether oxygens (including phenoxy) is 1. The molecule has 2 heterocycles. The molecule has 0 spiro atoms. The van der Waals surface area contributed by atoms with E-state index in [1.165, 1.54) is 0 Å². The fourth-order valence-corrected chi connectivity index (χ4v) is 3.08. The standard InChI is InChI=1S/C17H19N5O3/c1-11-19-14(21-24-11)10-23-13-7-3-2-6-12(13)15-20-16(22-25-15)17(18)8-4-5-9-17/h2-3,6-7H,4-5,8-10,18H2,1H3. The zero-order valence-electron chi connectivity index (χ0n) is 13.9. The SMILES string of the molecule is Cc1nc(COc2ccccc2-c2nc(C3(N)CCCC3)no2)no1. The lowest BCUT2D eigenvalue weighted by molar-refractivity contribution is 0.285. The zero-order valence-corrected chi connectivity index (χ0v) is 13.9. The average molecular weight is 341 g/mol. The van der Waals surface area contributed by atoms with Gasteiger partial charge >= 0.3 is 0 Å². The molecule has 0 bridgehead atoms. The number of nitrogens with two attached hydrogens (primary N) is 1. The molecule has 0 radical (unpaired) electrons. The number of hydrogen-bond acceptors (Lipinski definition) is 8. The number of aryl methyl sites for hydroxylation is 1. The summed E-state index contributed by atoms with van der Waals surface area (Å²) in [5.41, 5.74) is 6.63. The monoisotopic (exact) mass is 341 g/mol. The van der Waals surface area contributed by atoms with Gasteiger partial charge in [-0.15, -0.1) is 0 Å². The second-order valence-corrected chi connectivity index (χ2v) is 6.30. The van der Waals surface area contributed by atoms with Gasteiger partial charge in [0.2, 0.25) is 11.7 Å². The van der Waals surface area contributed by atoms with E-state index in [-0.39, 0.29) is 6.61 Å². The smallest absolute Gasteiger partial charge is 0.261 e. The minimum Gasteiger partial charge on any atom is -0.485 e. The van der Waals surface area contributed by atoms with E-state index in [0.717, 1.165) is 25.7 Å². The first-order valence-electron chi connectivity index (χ1n) is 8.28. The molecular formula is C17H19N5O3. The van der Waals surface area contributed by atoms with E-state index in [4.69, 9.17) is 19.5 Å². The molecule has 4 rings (SSSR count). The minimum atomic E-state index is -0.486. The first-order chi connectivity index (χ1) is 12.1. The average Bonchev–Trinajstić information content (AvgIpc) is 3.35. The summed E-state index contributed by atoms with van der Waals surface area (Å²) in [7, 11) is 0. The van der Waals surface area contributed by atoms with Gasteiger partial charge in [0.15, 0.2) is 12.4 Å². The van der Waals surface area contributed by atoms with Crippen LogP contribution in [0.15, 0.2) is 33.3 Å². The largest absolute Gasteiger partial charge is 0.485 e. The molecule has 130 valence electrons. The molecule has 1 aromatic carbocycles. The molecule has 1 aliphatic carbocycles. The number of benzene rings is 1. The second-order valence-electron chi connectivity index (χ2n) is 6.30. The second kappa shape index (κ2) is 6.29. The van der Waals surface area contributed by atoms with Gasteiger partial charge in [0.05, 0.1) is 11.1 Å². The number of hydrogen-bond donors (Lipinski definition) is 1. The topological polar surface area (TPSA) is 113 Å². The Morgan fingerprint density at radius 2 is 1.92 bits per heavy atom. The summed E-state index contributed by atoms with van der Waals surface area (Å²) < 4.78 is 16.2. The lowest BCUT2D eigenvalue weighted by Crippen LogP contribution is -2.34. The molecule has 2 N–H and O–H groups in total. The Morgan fingerprint density at radius 1 is 1.12 bits per heavy atom. The van der Waals surface area contributed by atoms with Crippen molar-refractivity contribution in [2.24, 2.45) is 5.73 Å². The summed E-state index contributed by atoms with van der Waals surface area (Å²) in [5.74, 6) is 2.54. The third-order valence-corrected chi connectivity index (χ3v) is 4.41. The molecule has 3 aromatic rings. The summed E-state index contributed by atoms with van der Waals surface area (Å²) in [5, 5.41) is 7.92. The number of para-hydroxylation sites is 1. The molecule has 0 aliphatic heterocycles. The highest BCUT2D eigenvalue weighted by molar-refractivity contribution is 5.62. The van der Waals surface area contributed by atoms with Gasteiger partial charge in [0, 0.05) is 6.92 Å². The Hall–Kier alpha value is -2.74. The van der Waals surface area contributed by atoms with Crippen molar-refractivity contribution in [2.75, 3.05) is 0 Å². The maximum absolute atomic E-state index is 6.40. The Labute approximate surface area is 144 Å². The number of aromatic nitrogens is 4. The highest BCUT2D eigenvalue weighted by Crippen LogP contribution is 2.36. The van der Waals surface area contributed by atoms with Gasteiger partial charge in [0.25, 0.3) is 5.89 Å². The van der Waals surface area contributed by atoms with E-state index in [0.29, 0.717) is 34.7 Å². The van der Waals surface area contributed by atoms with Gasteiger partial charge < -0.3 is 19.5 Å². The van der Waals surface area contributed by atoms with Crippen molar-refractivity contribution in [1.82, 2.24) is 20.3 Å². The van der Waals surface area contributed by atoms with Crippen LogP contribution in [0.1, 0.15) is 43.2 Å². The summed E-state index contributed by atoms with van der Waals surface area (Å²) in [6.07, 6.45) is 3.93. The molecule has 1 saturated carbocycles. The molecule has 0 amide bonds. The lowest BCUT2D eigenvalue weighted by atomic mass is 9.99. The molecule has 8 heteroatoms. The van der Waals surface area contributed by atoms with Gasteiger partial charge in [-0.2, -0.15) is 9.97 Å². The van der Waals surface area contributed by atoms with E-state index in [9.17, 15) is 0 Å². The normalized spacial score (nSPS) is 16.2. The highest BCUT2D eigenvalue weighted by Gasteiger charge is 2.36. The third-order valence-electron chi connectivity index (χ3n) is 4.41. The summed E-state index contributed by atoms with van der Waals surface area (Å²) in [6, 6.07) is 7.46. The van der Waals surface area contributed by atoms with Crippen molar-refractivity contribution in [3.05, 3.63) is 41.8 Å². The van der Waals surface area contributed by atoms with Crippen LogP contribution in [0.4, 0.5) is 0 Å². The van der Waals surface area contributed by atoms with Crippen molar-refractivity contribution in [2.45, 2.75) is 44.8 Å². The Kier molecular flexibility index (Phi) is 3.96. The molecule has 1 aliphatic rings. The van der Waals surface area contributed by atoms with E-state index >= 15 is 0 Å². The zero-order chi connectivity index (χ0) is 17.3. The molecule has 8 nitrogen and oxygen atoms in total. The van der Waals surface area contributed by atoms with Crippen molar-refractivity contribution < 1.29 is 13.8 Å². The van der Waals surface area contributed by atoms with Crippen LogP contribution in [0.5, 0.6) is 5.75 Å². The van der Waals surface area contributed by atoms with Crippen LogP contribution in [0.3, 0.4) is 0 Å². The summed E-state index contributed by atoms with van der Waals surface area (Å²) in [6.45, 7) is 1.92. The van der Waals surface area contributed by atoms with E-state index in [1.807, 2.05) is 24.3 Å². The van der Waals surface area contributed by atoms with Gasteiger partial charge in [-0.05, 0) is 25.0 Å². The molecule has 0 unspecified atom stereocenters. The van der Waals surface area contributed by atoms with Crippen LogP contribution in [-0.4, -0.2) is 20.3 Å². The quantitative estimate of drug-likeness (QED) is 0.753. The number of rotatable bonds is 5. The van der Waals surface area contributed by atoms with E-state index < -0.39 is 5.54 Å². The molecular weight excluding hydrogens is 322 g/mol. The van der Waals surface area contributed by atoms with Gasteiger partial charge in [-0.1, -0.05) is 35.3 Å². The predicted molar refractivity (Wildman–Crippen MR) is 87.4 cm³/mol. The molecule has 1 fully saturated rings. The summed E-state index contributed by atoms with van der Waals surface area (Å²) in [4.78, 5) is 8.64. The first-order valence-corrected chi connectivity index (χ1v) is 8.28. The van der Waals surface area contributed by atoms with Crippen molar-refractivity contribution in [3.63, 3.8) is 0 Å². The Bertz CT molecular complexity index is 867. The maximum Gasteiger partial charge on any atom is 0.261 e. The fourth-order valence-electron chi connectivity index (χ4n) is 3.08. The molecule has 2 aromatic heterocycles. The van der Waals surface area contributed by atoms with Crippen LogP contribution in [0.25, 0.3) is 11.5 Å². The highest BCUT2D eigenvalue weighted by atomic mass is 16.5. The molecule has 0 atom stereocenters. The van der Waals surface area contributed by atoms with Crippen LogP contribution in [-0.2, 0) is 12.1 Å². The van der Waals surface area contributed by atoms with Crippen LogP contribution in [0.2, 0.25) is 0 Å².